The second-order valence-corrected chi connectivity index (χ2v) is 8.94. The number of hydrogen-bond acceptors (Lipinski definition) is 1. The van der Waals surface area contributed by atoms with Crippen molar-refractivity contribution in [3.8, 4) is 22.4 Å². The summed E-state index contributed by atoms with van der Waals surface area (Å²) in [6, 6.07) is 17.7. The van der Waals surface area contributed by atoms with E-state index in [1.165, 1.54) is 49.8 Å². The largest absolute Gasteiger partial charge is 0.261 e. The smallest absolute Gasteiger partial charge is 0.221 e. The fraction of sp³-hybridized carbons (Fsp3) is 0.286. The predicted molar refractivity (Wildman–Crippen MR) is 127 cm³/mol. The predicted octanol–water partition coefficient (Wildman–Crippen LogP) is 6.52. The van der Waals surface area contributed by atoms with E-state index in [4.69, 9.17) is 4.98 Å². The highest BCUT2D eigenvalue weighted by Gasteiger charge is 2.24. The molecule has 2 heterocycles. The molecule has 2 nitrogen and oxygen atoms in total. The van der Waals surface area contributed by atoms with E-state index in [2.05, 4.69) is 107 Å². The van der Waals surface area contributed by atoms with Crippen molar-refractivity contribution in [1.82, 2.24) is 4.98 Å². The molecule has 0 radical (unpaired) electrons. The van der Waals surface area contributed by atoms with E-state index in [0.29, 0.717) is 5.92 Å². The highest BCUT2D eigenvalue weighted by atomic mass is 14.9. The lowest BCUT2D eigenvalue weighted by atomic mass is 9.90. The van der Waals surface area contributed by atoms with Crippen molar-refractivity contribution in [3.05, 3.63) is 83.3 Å². The van der Waals surface area contributed by atoms with Crippen molar-refractivity contribution in [1.29, 1.82) is 0 Å². The molecule has 2 aromatic carbocycles. The summed E-state index contributed by atoms with van der Waals surface area (Å²) in [5.41, 5.74) is 10.1. The summed E-state index contributed by atoms with van der Waals surface area (Å²) in [4.78, 5) is 4.81. The Morgan fingerprint density at radius 1 is 0.967 bits per heavy atom. The monoisotopic (exact) mass is 395 g/mol. The SMILES string of the molecule is Cc1cc(C)c(C)c(-c2c(-c3ccc(CC(C)C)nc3)c3ccccc3c[n+]2C)c1. The Kier molecular flexibility index (Phi) is 5.42. The first-order chi connectivity index (χ1) is 14.3. The average Bonchev–Trinajstić information content (AvgIpc) is 2.70. The van der Waals surface area contributed by atoms with Crippen LogP contribution in [0.3, 0.4) is 0 Å². The number of hydrogen-bond donors (Lipinski definition) is 0. The van der Waals surface area contributed by atoms with Crippen molar-refractivity contribution in [2.45, 2.75) is 41.0 Å². The summed E-state index contributed by atoms with van der Waals surface area (Å²) >= 11 is 0. The topological polar surface area (TPSA) is 16.8 Å². The Labute approximate surface area is 180 Å². The Morgan fingerprint density at radius 2 is 1.73 bits per heavy atom. The molecule has 2 aromatic heterocycles. The maximum Gasteiger partial charge on any atom is 0.221 e. The second-order valence-electron chi connectivity index (χ2n) is 8.94. The number of fused-ring (bicyclic) bond motifs is 1. The molecule has 0 aliphatic rings. The molecule has 0 bridgehead atoms. The zero-order valence-electron chi connectivity index (χ0n) is 19.0. The van der Waals surface area contributed by atoms with Crippen LogP contribution in [0.15, 0.2) is 60.9 Å². The van der Waals surface area contributed by atoms with Crippen LogP contribution in [0.2, 0.25) is 0 Å². The van der Waals surface area contributed by atoms with Crippen LogP contribution in [0.5, 0.6) is 0 Å². The lowest BCUT2D eigenvalue weighted by Crippen LogP contribution is -2.31. The van der Waals surface area contributed by atoms with Crippen LogP contribution < -0.4 is 4.57 Å². The van der Waals surface area contributed by atoms with E-state index in [9.17, 15) is 0 Å². The summed E-state index contributed by atoms with van der Waals surface area (Å²) in [5.74, 6) is 0.604. The van der Waals surface area contributed by atoms with Crippen LogP contribution >= 0.6 is 0 Å². The zero-order valence-corrected chi connectivity index (χ0v) is 19.0. The van der Waals surface area contributed by atoms with Crippen LogP contribution in [0.25, 0.3) is 33.2 Å². The third kappa shape index (κ3) is 3.75. The van der Waals surface area contributed by atoms with Gasteiger partial charge in [-0.2, -0.15) is 4.57 Å². The highest BCUT2D eigenvalue weighted by molar-refractivity contribution is 6.01. The first kappa shape index (κ1) is 20.3. The molecular weight excluding hydrogens is 364 g/mol. The minimum Gasteiger partial charge on any atom is -0.261 e. The molecule has 0 unspecified atom stereocenters. The van der Waals surface area contributed by atoms with E-state index in [0.717, 1.165) is 12.1 Å². The average molecular weight is 396 g/mol. The molecule has 0 spiro atoms. The lowest BCUT2D eigenvalue weighted by Gasteiger charge is -2.15. The van der Waals surface area contributed by atoms with Crippen molar-refractivity contribution in [2.24, 2.45) is 13.0 Å². The summed E-state index contributed by atoms with van der Waals surface area (Å²) in [6.45, 7) is 11.1. The molecule has 0 N–H and O–H groups in total. The fourth-order valence-corrected chi connectivity index (χ4v) is 4.43. The van der Waals surface area contributed by atoms with Gasteiger partial charge >= 0.3 is 0 Å². The van der Waals surface area contributed by atoms with Gasteiger partial charge in [0.2, 0.25) is 5.69 Å². The Hall–Kier alpha value is -3.00. The van der Waals surface area contributed by atoms with E-state index in [-0.39, 0.29) is 0 Å². The molecular formula is C28H31N2+. The number of aromatic nitrogens is 2. The minimum absolute atomic E-state index is 0.604. The van der Waals surface area contributed by atoms with E-state index in [1.807, 2.05) is 0 Å². The van der Waals surface area contributed by atoms with Crippen LogP contribution in [0.4, 0.5) is 0 Å². The quantitative estimate of drug-likeness (QED) is 0.360. The van der Waals surface area contributed by atoms with Gasteiger partial charge in [-0.1, -0.05) is 49.7 Å². The molecule has 152 valence electrons. The number of nitrogens with zero attached hydrogens (tertiary/aromatic N) is 2. The van der Waals surface area contributed by atoms with Gasteiger partial charge in [-0.25, -0.2) is 0 Å². The molecule has 0 atom stereocenters. The van der Waals surface area contributed by atoms with Crippen LogP contribution in [-0.2, 0) is 13.5 Å². The van der Waals surface area contributed by atoms with Gasteiger partial charge in [-0.15, -0.1) is 0 Å². The molecule has 0 fully saturated rings. The summed E-state index contributed by atoms with van der Waals surface area (Å²) in [5, 5.41) is 2.51. The van der Waals surface area contributed by atoms with Gasteiger partial charge < -0.3 is 0 Å². The Balaban J connectivity index is 2.04. The molecule has 0 aliphatic heterocycles. The minimum atomic E-state index is 0.604. The van der Waals surface area contributed by atoms with Crippen LogP contribution in [-0.4, -0.2) is 4.98 Å². The van der Waals surface area contributed by atoms with Gasteiger partial charge in [0.15, 0.2) is 6.20 Å². The molecule has 0 saturated heterocycles. The standard InChI is InChI=1S/C28H31N2/c1-18(2)13-24-12-11-22(16-29-24)27-25-10-8-7-9-23(25)17-30(6)28(27)26-15-19(3)14-20(4)21(26)5/h7-12,14-18H,13H2,1-6H3/q+1. The molecule has 4 rings (SSSR count). The van der Waals surface area contributed by atoms with Gasteiger partial charge in [0.25, 0.3) is 0 Å². The van der Waals surface area contributed by atoms with Gasteiger partial charge in [0.1, 0.15) is 7.05 Å². The summed E-state index contributed by atoms with van der Waals surface area (Å²) in [7, 11) is 2.16. The maximum absolute atomic E-state index is 4.81. The summed E-state index contributed by atoms with van der Waals surface area (Å²) < 4.78 is 2.28. The number of rotatable bonds is 4. The summed E-state index contributed by atoms with van der Waals surface area (Å²) in [6.07, 6.45) is 5.31. The first-order valence-electron chi connectivity index (χ1n) is 10.8. The molecule has 0 saturated carbocycles. The maximum atomic E-state index is 4.81. The number of pyridine rings is 2. The van der Waals surface area contributed by atoms with E-state index < -0.39 is 0 Å². The van der Waals surface area contributed by atoms with Crippen molar-refractivity contribution in [2.75, 3.05) is 0 Å². The van der Waals surface area contributed by atoms with Gasteiger partial charge in [0, 0.05) is 28.2 Å². The highest BCUT2D eigenvalue weighted by Crippen LogP contribution is 2.37. The van der Waals surface area contributed by atoms with Gasteiger partial charge in [-0.05, 0) is 62.4 Å². The normalized spacial score (nSPS) is 11.4. The van der Waals surface area contributed by atoms with Gasteiger partial charge in [0.05, 0.1) is 11.1 Å². The molecule has 4 aromatic rings. The lowest BCUT2D eigenvalue weighted by molar-refractivity contribution is -0.658. The van der Waals surface area contributed by atoms with Crippen molar-refractivity contribution >= 4 is 10.8 Å². The van der Waals surface area contributed by atoms with Crippen LogP contribution in [0.1, 0.15) is 36.2 Å². The number of aryl methyl sites for hydroxylation is 3. The third-order valence-electron chi connectivity index (χ3n) is 5.95. The first-order valence-corrected chi connectivity index (χ1v) is 10.8. The van der Waals surface area contributed by atoms with Gasteiger partial charge in [-0.3, -0.25) is 4.98 Å². The molecule has 0 amide bonds. The van der Waals surface area contributed by atoms with E-state index in [1.54, 1.807) is 0 Å². The molecule has 30 heavy (non-hydrogen) atoms. The second kappa shape index (κ2) is 8.02. The zero-order chi connectivity index (χ0) is 21.4. The Morgan fingerprint density at radius 3 is 2.43 bits per heavy atom. The van der Waals surface area contributed by atoms with Crippen molar-refractivity contribution < 1.29 is 4.57 Å². The fourth-order valence-electron chi connectivity index (χ4n) is 4.43. The molecule has 0 aliphatic carbocycles. The van der Waals surface area contributed by atoms with E-state index >= 15 is 0 Å². The molecule has 2 heteroatoms. The van der Waals surface area contributed by atoms with Crippen molar-refractivity contribution in [3.63, 3.8) is 0 Å². The Bertz CT molecular complexity index is 1220. The third-order valence-corrected chi connectivity index (χ3v) is 5.95. The number of benzene rings is 2. The van der Waals surface area contributed by atoms with Crippen LogP contribution in [0, 0.1) is 26.7 Å².